The van der Waals surface area contributed by atoms with Gasteiger partial charge < -0.3 is 14.6 Å². The van der Waals surface area contributed by atoms with Crippen molar-refractivity contribution < 1.29 is 8.81 Å². The second kappa shape index (κ2) is 4.24. The zero-order valence-electron chi connectivity index (χ0n) is 10.5. The maximum absolute atomic E-state index is 13.1. The Balaban J connectivity index is 1.93. The first-order valence-electron chi connectivity index (χ1n) is 6.19. The molecular formula is C13H16FN3O. The normalized spacial score (nSPS) is 24.7. The highest BCUT2D eigenvalue weighted by molar-refractivity contribution is 5.74. The minimum atomic E-state index is -0.299. The largest absolute Gasteiger partial charge is 0.423 e. The molecule has 0 unspecified atom stereocenters. The van der Waals surface area contributed by atoms with E-state index in [1.165, 1.54) is 12.1 Å². The van der Waals surface area contributed by atoms with Crippen molar-refractivity contribution in [2.45, 2.75) is 25.9 Å². The van der Waals surface area contributed by atoms with Crippen LogP contribution in [0.25, 0.3) is 11.1 Å². The van der Waals surface area contributed by atoms with Crippen molar-refractivity contribution in [2.75, 3.05) is 18.0 Å². The van der Waals surface area contributed by atoms with Crippen molar-refractivity contribution in [2.24, 2.45) is 0 Å². The molecule has 18 heavy (non-hydrogen) atoms. The van der Waals surface area contributed by atoms with Crippen molar-refractivity contribution in [1.29, 1.82) is 0 Å². The van der Waals surface area contributed by atoms with Gasteiger partial charge in [-0.1, -0.05) is 0 Å². The second-order valence-corrected chi connectivity index (χ2v) is 4.98. The lowest BCUT2D eigenvalue weighted by Crippen LogP contribution is -2.54. The molecule has 3 rings (SSSR count). The number of halogens is 1. The molecule has 0 saturated carbocycles. The van der Waals surface area contributed by atoms with E-state index in [1.807, 2.05) is 0 Å². The predicted octanol–water partition coefficient (Wildman–Crippen LogP) is 2.15. The maximum Gasteiger partial charge on any atom is 0.298 e. The summed E-state index contributed by atoms with van der Waals surface area (Å²) in [5.74, 6) is -0.299. The molecule has 0 radical (unpaired) electrons. The number of benzene rings is 1. The fourth-order valence-corrected chi connectivity index (χ4v) is 2.50. The first kappa shape index (κ1) is 11.5. The molecule has 1 aliphatic rings. The number of hydrogen-bond acceptors (Lipinski definition) is 4. The summed E-state index contributed by atoms with van der Waals surface area (Å²) >= 11 is 0. The van der Waals surface area contributed by atoms with E-state index in [9.17, 15) is 4.39 Å². The minimum Gasteiger partial charge on any atom is -0.423 e. The molecule has 5 heteroatoms. The highest BCUT2D eigenvalue weighted by atomic mass is 19.1. The van der Waals surface area contributed by atoms with Crippen LogP contribution in [0.2, 0.25) is 0 Å². The third-order valence-electron chi connectivity index (χ3n) is 3.17. The summed E-state index contributed by atoms with van der Waals surface area (Å²) in [5.41, 5.74) is 1.20. The van der Waals surface area contributed by atoms with E-state index in [0.717, 1.165) is 13.1 Å². The molecule has 0 amide bonds. The quantitative estimate of drug-likeness (QED) is 0.841. The Morgan fingerprint density at radius 3 is 2.78 bits per heavy atom. The molecule has 1 aromatic carbocycles. The highest BCUT2D eigenvalue weighted by Crippen LogP contribution is 2.24. The van der Waals surface area contributed by atoms with Gasteiger partial charge in [0.25, 0.3) is 6.01 Å². The first-order chi connectivity index (χ1) is 8.61. The summed E-state index contributed by atoms with van der Waals surface area (Å²) < 4.78 is 18.7. The Bertz CT molecular complexity index is 558. The van der Waals surface area contributed by atoms with Crippen LogP contribution >= 0.6 is 0 Å². The smallest absolute Gasteiger partial charge is 0.298 e. The Morgan fingerprint density at radius 1 is 1.33 bits per heavy atom. The van der Waals surface area contributed by atoms with Crippen molar-refractivity contribution in [1.82, 2.24) is 10.3 Å². The highest BCUT2D eigenvalue weighted by Gasteiger charge is 2.24. The van der Waals surface area contributed by atoms with Crippen molar-refractivity contribution in [3.8, 4) is 0 Å². The Kier molecular flexibility index (Phi) is 2.70. The molecule has 0 aliphatic carbocycles. The van der Waals surface area contributed by atoms with Crippen LogP contribution < -0.4 is 10.2 Å². The average molecular weight is 249 g/mol. The van der Waals surface area contributed by atoms with Gasteiger partial charge in [0.2, 0.25) is 0 Å². The van der Waals surface area contributed by atoms with Gasteiger partial charge in [0.05, 0.1) is 0 Å². The lowest BCUT2D eigenvalue weighted by atomic mass is 10.2. The van der Waals surface area contributed by atoms with E-state index in [-0.39, 0.29) is 5.82 Å². The van der Waals surface area contributed by atoms with Gasteiger partial charge >= 0.3 is 0 Å². The average Bonchev–Trinajstić information content (AvgIpc) is 2.70. The number of fused-ring (bicyclic) bond motifs is 1. The summed E-state index contributed by atoms with van der Waals surface area (Å²) in [4.78, 5) is 6.51. The Labute approximate surface area is 105 Å². The topological polar surface area (TPSA) is 41.3 Å². The number of aromatic nitrogens is 1. The van der Waals surface area contributed by atoms with Gasteiger partial charge in [-0.2, -0.15) is 4.98 Å². The summed E-state index contributed by atoms with van der Waals surface area (Å²) in [5, 5.41) is 3.45. The number of nitrogens with zero attached hydrogens (tertiary/aromatic N) is 2. The fourth-order valence-electron chi connectivity index (χ4n) is 2.50. The number of piperazine rings is 1. The number of oxazole rings is 1. The molecule has 2 aromatic rings. The molecular weight excluding hydrogens is 233 g/mol. The van der Waals surface area contributed by atoms with Crippen LogP contribution in [-0.2, 0) is 0 Å². The van der Waals surface area contributed by atoms with Crippen LogP contribution in [0.3, 0.4) is 0 Å². The number of anilines is 1. The zero-order chi connectivity index (χ0) is 12.7. The SMILES string of the molecule is C[C@@H]1CN(c2nc3ccc(F)cc3o2)C[C@@H](C)N1. The lowest BCUT2D eigenvalue weighted by molar-refractivity contribution is 0.388. The fraction of sp³-hybridized carbons (Fsp3) is 0.462. The molecule has 1 aromatic heterocycles. The standard InChI is InChI=1S/C13H16FN3O/c1-8-6-17(7-9(2)15-8)13-16-11-4-3-10(14)5-12(11)18-13/h3-5,8-9,15H,6-7H2,1-2H3/t8-,9-/m1/s1. The molecule has 1 fully saturated rings. The van der Waals surface area contributed by atoms with Gasteiger partial charge in [-0.3, -0.25) is 0 Å². The second-order valence-electron chi connectivity index (χ2n) is 4.98. The molecule has 2 atom stereocenters. The number of hydrogen-bond donors (Lipinski definition) is 1. The van der Waals surface area contributed by atoms with E-state index < -0.39 is 0 Å². The number of nitrogens with one attached hydrogen (secondary N) is 1. The van der Waals surface area contributed by atoms with Crippen LogP contribution in [-0.4, -0.2) is 30.2 Å². The van der Waals surface area contributed by atoms with Gasteiger partial charge in [-0.25, -0.2) is 4.39 Å². The number of rotatable bonds is 1. The maximum atomic E-state index is 13.1. The third-order valence-corrected chi connectivity index (χ3v) is 3.17. The van der Waals surface area contributed by atoms with Crippen LogP contribution in [0, 0.1) is 5.82 Å². The van der Waals surface area contributed by atoms with Crippen LogP contribution in [0.15, 0.2) is 22.6 Å². The van der Waals surface area contributed by atoms with Crippen molar-refractivity contribution >= 4 is 17.1 Å². The van der Waals surface area contributed by atoms with Gasteiger partial charge in [-0.15, -0.1) is 0 Å². The van der Waals surface area contributed by atoms with Gasteiger partial charge in [0.1, 0.15) is 11.3 Å². The van der Waals surface area contributed by atoms with E-state index in [4.69, 9.17) is 4.42 Å². The molecule has 96 valence electrons. The van der Waals surface area contributed by atoms with Crippen LogP contribution in [0.1, 0.15) is 13.8 Å². The Morgan fingerprint density at radius 2 is 2.06 bits per heavy atom. The summed E-state index contributed by atoms with van der Waals surface area (Å²) in [6, 6.07) is 5.78. The molecule has 1 aliphatic heterocycles. The van der Waals surface area contributed by atoms with Crippen LogP contribution in [0.5, 0.6) is 0 Å². The molecule has 4 nitrogen and oxygen atoms in total. The molecule has 1 saturated heterocycles. The predicted molar refractivity (Wildman–Crippen MR) is 68.2 cm³/mol. The van der Waals surface area contributed by atoms with Gasteiger partial charge in [-0.05, 0) is 26.0 Å². The lowest BCUT2D eigenvalue weighted by Gasteiger charge is -2.35. The monoisotopic (exact) mass is 249 g/mol. The van der Waals surface area contributed by atoms with Crippen molar-refractivity contribution in [3.63, 3.8) is 0 Å². The zero-order valence-corrected chi connectivity index (χ0v) is 10.5. The molecule has 0 bridgehead atoms. The Hall–Kier alpha value is -1.62. The van der Waals surface area contributed by atoms with E-state index in [2.05, 4.69) is 29.0 Å². The summed E-state index contributed by atoms with van der Waals surface area (Å²) in [6.07, 6.45) is 0. The minimum absolute atomic E-state index is 0.299. The van der Waals surface area contributed by atoms with Crippen LogP contribution in [0.4, 0.5) is 10.4 Å². The summed E-state index contributed by atoms with van der Waals surface area (Å²) in [7, 11) is 0. The van der Waals surface area contributed by atoms with Crippen molar-refractivity contribution in [3.05, 3.63) is 24.0 Å². The van der Waals surface area contributed by atoms with E-state index in [1.54, 1.807) is 6.07 Å². The molecule has 0 spiro atoms. The third kappa shape index (κ3) is 2.06. The van der Waals surface area contributed by atoms with E-state index in [0.29, 0.717) is 29.2 Å². The molecule has 1 N–H and O–H groups in total. The van der Waals surface area contributed by atoms with Gasteiger partial charge in [0.15, 0.2) is 5.58 Å². The van der Waals surface area contributed by atoms with E-state index >= 15 is 0 Å². The molecule has 2 heterocycles. The first-order valence-corrected chi connectivity index (χ1v) is 6.19. The van der Waals surface area contributed by atoms with Gasteiger partial charge in [0, 0.05) is 31.2 Å². The summed E-state index contributed by atoms with van der Waals surface area (Å²) in [6.45, 7) is 5.95.